The number of benzene rings is 2. The van der Waals surface area contributed by atoms with Gasteiger partial charge in [0.25, 0.3) is 11.1 Å². The summed E-state index contributed by atoms with van der Waals surface area (Å²) >= 11 is 0. The molecule has 1 unspecified atom stereocenters. The van der Waals surface area contributed by atoms with Gasteiger partial charge in [-0.15, -0.1) is 0 Å². The van der Waals surface area contributed by atoms with Crippen LogP contribution in [0.3, 0.4) is 0 Å². The normalized spacial score (nSPS) is 28.4. The SMILES string of the molecule is CC[C@H]1O[C@@H](n2ccc(=O)[nH]c2=O)[C@](C)(F)C1OCc1ccc(C)cc1.Cc1ccc(CO[C@@H]2[C@@H](CO)O[C@@H](n3ccc(=O)[nH]c3=O)[C@]2(C)F)cc1. The third kappa shape index (κ3) is 8.40. The molecule has 2 aromatic carbocycles. The van der Waals surface area contributed by atoms with E-state index in [-0.39, 0.29) is 13.2 Å². The van der Waals surface area contributed by atoms with Crippen LogP contribution in [0.5, 0.6) is 0 Å². The Morgan fingerprint density at radius 1 is 0.692 bits per heavy atom. The number of aliphatic hydroxyl groups excluding tert-OH is 1. The van der Waals surface area contributed by atoms with Crippen LogP contribution >= 0.6 is 0 Å². The molecule has 0 radical (unpaired) electrons. The molecule has 2 saturated heterocycles. The van der Waals surface area contributed by atoms with E-state index in [1.807, 2.05) is 69.3 Å². The first-order valence-electron chi connectivity index (χ1n) is 16.9. The van der Waals surface area contributed by atoms with Crippen LogP contribution in [0.15, 0.2) is 92.2 Å². The Morgan fingerprint density at radius 3 is 1.44 bits per heavy atom. The summed E-state index contributed by atoms with van der Waals surface area (Å²) in [5, 5.41) is 9.56. The maximum atomic E-state index is 15.6. The second-order valence-electron chi connectivity index (χ2n) is 13.4. The molecule has 52 heavy (non-hydrogen) atoms. The number of ether oxygens (including phenoxy) is 4. The summed E-state index contributed by atoms with van der Waals surface area (Å²) in [4.78, 5) is 50.7. The van der Waals surface area contributed by atoms with Gasteiger partial charge in [-0.25, -0.2) is 18.4 Å². The highest BCUT2D eigenvalue weighted by molar-refractivity contribution is 5.21. The second kappa shape index (κ2) is 16.0. The maximum Gasteiger partial charge on any atom is 0.330 e. The first-order valence-corrected chi connectivity index (χ1v) is 16.9. The van der Waals surface area contributed by atoms with Gasteiger partial charge in [0, 0.05) is 24.5 Å². The van der Waals surface area contributed by atoms with Crippen molar-refractivity contribution in [2.45, 2.75) is 102 Å². The fourth-order valence-electron chi connectivity index (χ4n) is 6.38. The van der Waals surface area contributed by atoms with Gasteiger partial charge >= 0.3 is 11.4 Å². The zero-order chi connectivity index (χ0) is 37.8. The van der Waals surface area contributed by atoms with Gasteiger partial charge in [-0.3, -0.25) is 28.7 Å². The van der Waals surface area contributed by atoms with Crippen molar-refractivity contribution >= 4 is 0 Å². The molecule has 6 rings (SSSR count). The molecule has 0 saturated carbocycles. The number of hydrogen-bond acceptors (Lipinski definition) is 9. The topological polar surface area (TPSA) is 167 Å². The van der Waals surface area contributed by atoms with Crippen molar-refractivity contribution in [3.63, 3.8) is 0 Å². The van der Waals surface area contributed by atoms with Gasteiger partial charge in [-0.2, -0.15) is 0 Å². The Bertz CT molecular complexity index is 1890. The fourth-order valence-corrected chi connectivity index (χ4v) is 6.38. The van der Waals surface area contributed by atoms with Crippen LogP contribution in [0.2, 0.25) is 0 Å². The lowest BCUT2D eigenvalue weighted by molar-refractivity contribution is -0.0676. The average Bonchev–Trinajstić information content (AvgIpc) is 3.51. The van der Waals surface area contributed by atoms with Crippen LogP contribution in [0.25, 0.3) is 0 Å². The van der Waals surface area contributed by atoms with Gasteiger partial charge in [0.15, 0.2) is 23.8 Å². The number of halogens is 2. The van der Waals surface area contributed by atoms with Crippen molar-refractivity contribution in [3.8, 4) is 0 Å². The number of aromatic amines is 2. The number of nitrogens with one attached hydrogen (secondary N) is 2. The minimum Gasteiger partial charge on any atom is -0.394 e. The lowest BCUT2D eigenvalue weighted by Gasteiger charge is -2.28. The highest BCUT2D eigenvalue weighted by atomic mass is 19.1. The van der Waals surface area contributed by atoms with Gasteiger partial charge in [0.2, 0.25) is 0 Å². The predicted molar refractivity (Wildman–Crippen MR) is 186 cm³/mol. The standard InChI is InChI=1S/C19H23FN2O4.C18H21FN2O5/c1-4-14-16(25-11-13-7-5-12(2)6-8-13)19(3,20)17(26-14)22-10-9-15(23)21-18(22)24;1-11-3-5-12(6-4-11)10-25-15-13(9-22)26-16(18(15,2)19)21-8-7-14(23)20-17(21)24/h5-10,14,16-17H,4,11H2,1-3H3,(H,21,23,24);3-8,13,15-16,22H,9-10H2,1-2H3,(H,20,23,24)/t14-,16?,17-,19-;13-,15-,16-,18-/m11/s1. The van der Waals surface area contributed by atoms with Crippen LogP contribution in [-0.4, -0.2) is 66.6 Å². The van der Waals surface area contributed by atoms with E-state index in [2.05, 4.69) is 9.97 Å². The van der Waals surface area contributed by atoms with Crippen LogP contribution < -0.4 is 22.5 Å². The number of aromatic nitrogens is 4. The molecule has 280 valence electrons. The van der Waals surface area contributed by atoms with Gasteiger partial charge in [0.05, 0.1) is 25.9 Å². The summed E-state index contributed by atoms with van der Waals surface area (Å²) < 4.78 is 56.1. The molecule has 0 amide bonds. The van der Waals surface area contributed by atoms with E-state index in [1.54, 1.807) is 0 Å². The Labute approximate surface area is 297 Å². The molecule has 2 aromatic heterocycles. The van der Waals surface area contributed by atoms with Crippen LogP contribution in [-0.2, 0) is 32.2 Å². The van der Waals surface area contributed by atoms with Crippen molar-refractivity contribution in [1.82, 2.24) is 19.1 Å². The molecular formula is C37H44F2N4O9. The molecule has 15 heteroatoms. The third-order valence-electron chi connectivity index (χ3n) is 9.25. The molecule has 0 aliphatic carbocycles. The van der Waals surface area contributed by atoms with E-state index in [0.717, 1.165) is 37.5 Å². The lowest BCUT2D eigenvalue weighted by Crippen LogP contribution is -2.45. The highest BCUT2D eigenvalue weighted by Crippen LogP contribution is 2.44. The van der Waals surface area contributed by atoms with E-state index >= 15 is 8.78 Å². The van der Waals surface area contributed by atoms with Gasteiger partial charge in [-0.1, -0.05) is 66.6 Å². The Kier molecular flexibility index (Phi) is 11.9. The molecular weight excluding hydrogens is 682 g/mol. The zero-order valence-electron chi connectivity index (χ0n) is 29.6. The van der Waals surface area contributed by atoms with Crippen LogP contribution in [0.1, 0.15) is 61.9 Å². The molecule has 13 nitrogen and oxygen atoms in total. The Balaban J connectivity index is 0.000000201. The number of H-pyrrole nitrogens is 2. The number of aliphatic hydroxyl groups is 1. The van der Waals surface area contributed by atoms with E-state index < -0.39 is 77.3 Å². The maximum absolute atomic E-state index is 15.6. The molecule has 4 heterocycles. The number of hydrogen-bond donors (Lipinski definition) is 3. The summed E-state index contributed by atoms with van der Waals surface area (Å²) in [7, 11) is 0. The number of aryl methyl sites for hydroxylation is 2. The summed E-state index contributed by atoms with van der Waals surface area (Å²) in [5.41, 5.74) is -2.63. The molecule has 2 aliphatic rings. The van der Waals surface area contributed by atoms with Gasteiger partial charge < -0.3 is 24.1 Å². The molecule has 8 atom stereocenters. The number of rotatable bonds is 10. The molecule has 0 bridgehead atoms. The monoisotopic (exact) mass is 726 g/mol. The highest BCUT2D eigenvalue weighted by Gasteiger charge is 2.57. The van der Waals surface area contributed by atoms with E-state index in [0.29, 0.717) is 6.42 Å². The molecule has 3 N–H and O–H groups in total. The molecule has 2 aliphatic heterocycles. The van der Waals surface area contributed by atoms with Gasteiger partial charge in [-0.05, 0) is 45.2 Å². The minimum absolute atomic E-state index is 0.136. The second-order valence-corrected chi connectivity index (χ2v) is 13.4. The van der Waals surface area contributed by atoms with Gasteiger partial charge in [0.1, 0.15) is 18.3 Å². The fraction of sp³-hybridized carbons (Fsp3) is 0.459. The predicted octanol–water partition coefficient (Wildman–Crippen LogP) is 3.51. The zero-order valence-corrected chi connectivity index (χ0v) is 29.6. The summed E-state index contributed by atoms with van der Waals surface area (Å²) in [6, 6.07) is 17.7. The summed E-state index contributed by atoms with van der Waals surface area (Å²) in [5.74, 6) is 0. The summed E-state index contributed by atoms with van der Waals surface area (Å²) in [6.45, 7) is 8.37. The first-order chi connectivity index (χ1) is 24.6. The lowest BCUT2D eigenvalue weighted by atomic mass is 9.96. The van der Waals surface area contributed by atoms with Crippen molar-refractivity contribution in [3.05, 3.63) is 137 Å². The molecule has 2 fully saturated rings. The van der Waals surface area contributed by atoms with Crippen molar-refractivity contribution < 1.29 is 32.8 Å². The van der Waals surface area contributed by atoms with E-state index in [9.17, 15) is 24.3 Å². The van der Waals surface area contributed by atoms with E-state index in [1.165, 1.54) is 32.3 Å². The molecule has 4 aromatic rings. The van der Waals surface area contributed by atoms with Crippen molar-refractivity contribution in [1.29, 1.82) is 0 Å². The third-order valence-corrected chi connectivity index (χ3v) is 9.25. The number of nitrogens with zero attached hydrogens (tertiary/aromatic N) is 2. The first kappa shape index (κ1) is 38.7. The average molecular weight is 727 g/mol. The largest absolute Gasteiger partial charge is 0.394 e. The van der Waals surface area contributed by atoms with Crippen molar-refractivity contribution in [2.24, 2.45) is 0 Å². The number of alkyl halides is 2. The minimum atomic E-state index is -2.10. The van der Waals surface area contributed by atoms with Crippen molar-refractivity contribution in [2.75, 3.05) is 6.61 Å². The Morgan fingerprint density at radius 2 is 1.08 bits per heavy atom. The van der Waals surface area contributed by atoms with Crippen LogP contribution in [0, 0.1) is 13.8 Å². The van der Waals surface area contributed by atoms with Crippen LogP contribution in [0.4, 0.5) is 8.78 Å². The quantitative estimate of drug-likeness (QED) is 0.222. The molecule has 0 spiro atoms. The summed E-state index contributed by atoms with van der Waals surface area (Å²) in [6.07, 6.45) is -2.91. The Hall–Kier alpha value is -4.54. The van der Waals surface area contributed by atoms with E-state index in [4.69, 9.17) is 18.9 Å². The smallest absolute Gasteiger partial charge is 0.330 e.